The van der Waals surface area contributed by atoms with Gasteiger partial charge in [0.25, 0.3) is 0 Å². The Bertz CT molecular complexity index is 226. The maximum absolute atomic E-state index is 11.3. The monoisotopic (exact) mass is 223 g/mol. The van der Waals surface area contributed by atoms with Crippen molar-refractivity contribution in [2.75, 3.05) is 18.9 Å². The first kappa shape index (κ1) is 13.9. The first-order chi connectivity index (χ1) is 6.52. The van der Waals surface area contributed by atoms with E-state index in [-0.39, 0.29) is 12.4 Å². The van der Waals surface area contributed by atoms with Crippen molar-refractivity contribution in [3.63, 3.8) is 0 Å². The minimum atomic E-state index is -3.12. The summed E-state index contributed by atoms with van der Waals surface area (Å²) in [6.45, 7) is 4.61. The third-order valence-corrected chi connectivity index (χ3v) is 3.60. The summed E-state index contributed by atoms with van der Waals surface area (Å²) in [5.74, 6) is 0.492. The highest BCUT2D eigenvalue weighted by atomic mass is 32.2. The van der Waals surface area contributed by atoms with Crippen molar-refractivity contribution in [3.05, 3.63) is 0 Å². The van der Waals surface area contributed by atoms with E-state index in [0.29, 0.717) is 25.3 Å². The van der Waals surface area contributed by atoms with E-state index in [4.69, 9.17) is 5.11 Å². The summed E-state index contributed by atoms with van der Waals surface area (Å²) in [7, 11) is -3.12. The molecule has 0 spiro atoms. The largest absolute Gasteiger partial charge is 0.396 e. The van der Waals surface area contributed by atoms with Crippen LogP contribution >= 0.6 is 0 Å². The Kier molecular flexibility index (Phi) is 7.13. The summed E-state index contributed by atoms with van der Waals surface area (Å²) < 4.78 is 25.2. The quantitative estimate of drug-likeness (QED) is 0.596. The molecular formula is C9H21NO3S. The van der Waals surface area contributed by atoms with Gasteiger partial charge in [-0.15, -0.1) is 0 Å². The molecule has 4 nitrogen and oxygen atoms in total. The van der Waals surface area contributed by atoms with Crippen LogP contribution in [0.2, 0.25) is 0 Å². The molecule has 0 aromatic carbocycles. The molecule has 0 aliphatic rings. The van der Waals surface area contributed by atoms with Crippen molar-refractivity contribution < 1.29 is 13.5 Å². The van der Waals surface area contributed by atoms with E-state index in [0.717, 1.165) is 6.42 Å². The van der Waals surface area contributed by atoms with Gasteiger partial charge in [0.05, 0.1) is 5.75 Å². The third kappa shape index (κ3) is 7.29. The molecule has 0 aliphatic heterocycles. The van der Waals surface area contributed by atoms with E-state index in [1.807, 2.05) is 13.8 Å². The highest BCUT2D eigenvalue weighted by molar-refractivity contribution is 7.89. The molecule has 0 rings (SSSR count). The molecule has 0 aromatic heterocycles. The van der Waals surface area contributed by atoms with Crippen molar-refractivity contribution in [3.8, 4) is 0 Å². The van der Waals surface area contributed by atoms with Crippen LogP contribution in [0, 0.1) is 5.92 Å². The molecule has 5 heteroatoms. The lowest BCUT2D eigenvalue weighted by Crippen LogP contribution is -2.30. The van der Waals surface area contributed by atoms with Crippen molar-refractivity contribution >= 4 is 10.0 Å². The average Bonchev–Trinajstić information content (AvgIpc) is 2.14. The fourth-order valence-corrected chi connectivity index (χ4v) is 2.16. The molecule has 1 atom stereocenters. The van der Waals surface area contributed by atoms with E-state index in [1.165, 1.54) is 0 Å². The summed E-state index contributed by atoms with van der Waals surface area (Å²) in [5.41, 5.74) is 0. The Labute approximate surface area is 86.8 Å². The summed E-state index contributed by atoms with van der Waals surface area (Å²) in [6.07, 6.45) is 2.04. The van der Waals surface area contributed by atoms with Crippen LogP contribution in [0.25, 0.3) is 0 Å². The molecule has 0 saturated heterocycles. The van der Waals surface area contributed by atoms with Crippen LogP contribution in [0.15, 0.2) is 0 Å². The molecule has 0 amide bonds. The Morgan fingerprint density at radius 2 is 2.00 bits per heavy atom. The third-order valence-electron chi connectivity index (χ3n) is 2.17. The summed E-state index contributed by atoms with van der Waals surface area (Å²) in [6, 6.07) is 0. The van der Waals surface area contributed by atoms with Crippen LogP contribution in [0.5, 0.6) is 0 Å². The second kappa shape index (κ2) is 7.20. The highest BCUT2D eigenvalue weighted by Crippen LogP contribution is 2.00. The number of hydrogen-bond donors (Lipinski definition) is 2. The van der Waals surface area contributed by atoms with Gasteiger partial charge in [0.2, 0.25) is 10.0 Å². The molecule has 0 aromatic rings. The van der Waals surface area contributed by atoms with E-state index >= 15 is 0 Å². The second-order valence-corrected chi connectivity index (χ2v) is 5.54. The molecule has 14 heavy (non-hydrogen) atoms. The van der Waals surface area contributed by atoms with Crippen LogP contribution < -0.4 is 4.72 Å². The second-order valence-electron chi connectivity index (χ2n) is 3.61. The normalized spacial score (nSPS) is 14.2. The Morgan fingerprint density at radius 1 is 1.36 bits per heavy atom. The number of aliphatic hydroxyl groups is 1. The lowest BCUT2D eigenvalue weighted by molar-refractivity contribution is 0.287. The van der Waals surface area contributed by atoms with Crippen LogP contribution in [0.3, 0.4) is 0 Å². The molecule has 0 heterocycles. The average molecular weight is 223 g/mol. The number of rotatable bonds is 8. The van der Waals surface area contributed by atoms with Gasteiger partial charge in [-0.2, -0.15) is 0 Å². The van der Waals surface area contributed by atoms with Crippen LogP contribution in [0.4, 0.5) is 0 Å². The Balaban J connectivity index is 3.73. The lowest BCUT2D eigenvalue weighted by Gasteiger charge is -2.10. The molecule has 1 unspecified atom stereocenters. The lowest BCUT2D eigenvalue weighted by atomic mass is 10.1. The molecule has 0 bridgehead atoms. The van der Waals surface area contributed by atoms with Gasteiger partial charge in [-0.1, -0.05) is 20.3 Å². The van der Waals surface area contributed by atoms with E-state index in [1.54, 1.807) is 0 Å². The summed E-state index contributed by atoms with van der Waals surface area (Å²) in [4.78, 5) is 0. The summed E-state index contributed by atoms with van der Waals surface area (Å²) in [5, 5.41) is 8.50. The zero-order chi connectivity index (χ0) is 11.0. The molecule has 0 saturated carbocycles. The Morgan fingerprint density at radius 3 is 2.50 bits per heavy atom. The number of unbranched alkanes of at least 4 members (excludes halogenated alkanes) is 1. The maximum Gasteiger partial charge on any atom is 0.211 e. The van der Waals surface area contributed by atoms with E-state index in [2.05, 4.69) is 4.72 Å². The van der Waals surface area contributed by atoms with Gasteiger partial charge < -0.3 is 5.11 Å². The predicted octanol–water partition coefficient (Wildman–Crippen LogP) is 0.724. The summed E-state index contributed by atoms with van der Waals surface area (Å²) >= 11 is 0. The molecule has 0 fully saturated rings. The number of nitrogens with one attached hydrogen (secondary N) is 1. The van der Waals surface area contributed by atoms with Gasteiger partial charge in [-0.25, -0.2) is 13.1 Å². The number of sulfonamides is 1. The van der Waals surface area contributed by atoms with Crippen molar-refractivity contribution in [2.24, 2.45) is 5.92 Å². The van der Waals surface area contributed by atoms with Gasteiger partial charge in [0.1, 0.15) is 0 Å². The van der Waals surface area contributed by atoms with Gasteiger partial charge >= 0.3 is 0 Å². The zero-order valence-corrected chi connectivity index (χ0v) is 9.81. The van der Waals surface area contributed by atoms with Gasteiger partial charge in [-0.3, -0.25) is 0 Å². The number of hydrogen-bond acceptors (Lipinski definition) is 3. The van der Waals surface area contributed by atoms with Crippen molar-refractivity contribution in [1.82, 2.24) is 4.72 Å². The van der Waals surface area contributed by atoms with Crippen LogP contribution in [-0.2, 0) is 10.0 Å². The minimum absolute atomic E-state index is 0.0564. The van der Waals surface area contributed by atoms with Crippen molar-refractivity contribution in [1.29, 1.82) is 0 Å². The van der Waals surface area contributed by atoms with Crippen LogP contribution in [0.1, 0.15) is 33.1 Å². The Hall–Kier alpha value is -0.130. The standard InChI is InChI=1S/C9H21NO3S/c1-3-9(2)8-10-14(12,13)7-5-4-6-11/h9-11H,3-8H2,1-2H3. The van der Waals surface area contributed by atoms with E-state index < -0.39 is 10.0 Å². The SMILES string of the molecule is CCC(C)CNS(=O)(=O)CCCCO. The van der Waals surface area contributed by atoms with Gasteiger partial charge in [-0.05, 0) is 18.8 Å². The fourth-order valence-electron chi connectivity index (χ4n) is 0.890. The topological polar surface area (TPSA) is 66.4 Å². The maximum atomic E-state index is 11.3. The number of aliphatic hydroxyl groups excluding tert-OH is 1. The first-order valence-electron chi connectivity index (χ1n) is 5.10. The molecule has 2 N–H and O–H groups in total. The molecule has 86 valence electrons. The minimum Gasteiger partial charge on any atom is -0.396 e. The van der Waals surface area contributed by atoms with Gasteiger partial charge in [0, 0.05) is 13.2 Å². The molecular weight excluding hydrogens is 202 g/mol. The van der Waals surface area contributed by atoms with Crippen molar-refractivity contribution in [2.45, 2.75) is 33.1 Å². The first-order valence-corrected chi connectivity index (χ1v) is 6.75. The molecule has 0 aliphatic carbocycles. The smallest absolute Gasteiger partial charge is 0.211 e. The van der Waals surface area contributed by atoms with Crippen LogP contribution in [-0.4, -0.2) is 32.4 Å². The zero-order valence-electron chi connectivity index (χ0n) is 8.99. The predicted molar refractivity (Wildman–Crippen MR) is 57.6 cm³/mol. The fraction of sp³-hybridized carbons (Fsp3) is 1.00. The van der Waals surface area contributed by atoms with E-state index in [9.17, 15) is 8.42 Å². The highest BCUT2D eigenvalue weighted by Gasteiger charge is 2.10. The molecule has 0 radical (unpaired) electrons. The van der Waals surface area contributed by atoms with Gasteiger partial charge in [0.15, 0.2) is 0 Å².